The number of methoxy groups -OCH3 is 1. The molecule has 0 saturated heterocycles. The van der Waals surface area contributed by atoms with Gasteiger partial charge in [-0.2, -0.15) is 0 Å². The van der Waals surface area contributed by atoms with Crippen LogP contribution in [0.15, 0.2) is 59.6 Å². The molecule has 0 atom stereocenters. The van der Waals surface area contributed by atoms with Crippen LogP contribution in [0.1, 0.15) is 13.8 Å². The average Bonchev–Trinajstić information content (AvgIpc) is 2.61. The highest BCUT2D eigenvalue weighted by Crippen LogP contribution is 2.37. The third-order valence-electron chi connectivity index (χ3n) is 4.01. The van der Waals surface area contributed by atoms with Crippen LogP contribution in [0.2, 0.25) is 0 Å². The van der Waals surface area contributed by atoms with Crippen LogP contribution >= 0.6 is 11.8 Å². The van der Waals surface area contributed by atoms with E-state index in [0.717, 1.165) is 32.7 Å². The highest BCUT2D eigenvalue weighted by Gasteiger charge is 2.29. The molecule has 0 aliphatic heterocycles. The third-order valence-corrected chi connectivity index (χ3v) is 5.27. The van der Waals surface area contributed by atoms with Crippen molar-refractivity contribution in [2.24, 2.45) is 0 Å². The Balaban J connectivity index is 2.06. The first kappa shape index (κ1) is 17.3. The van der Waals surface area contributed by atoms with Gasteiger partial charge in [0, 0.05) is 16.5 Å². The number of fused-ring (bicyclic) bond motifs is 1. The number of carbonyl (C=O) groups is 1. The Bertz CT molecular complexity index is 920. The number of ether oxygens (including phenoxy) is 1. The van der Waals surface area contributed by atoms with Crippen molar-refractivity contribution in [2.75, 3.05) is 7.11 Å². The zero-order chi connectivity index (χ0) is 18.0. The molecule has 3 rings (SSSR count). The Morgan fingerprint density at radius 1 is 1.08 bits per heavy atom. The first-order chi connectivity index (χ1) is 11.9. The Hall–Kier alpha value is -2.53. The van der Waals surface area contributed by atoms with Crippen LogP contribution in [0.25, 0.3) is 22.0 Å². The Morgan fingerprint density at radius 3 is 2.40 bits per heavy atom. The zero-order valence-corrected chi connectivity index (χ0v) is 15.1. The van der Waals surface area contributed by atoms with Crippen molar-refractivity contribution in [3.8, 4) is 16.9 Å². The van der Waals surface area contributed by atoms with E-state index in [4.69, 9.17) is 4.74 Å². The predicted molar refractivity (Wildman–Crippen MR) is 101 cm³/mol. The van der Waals surface area contributed by atoms with Crippen molar-refractivity contribution < 1.29 is 14.6 Å². The van der Waals surface area contributed by atoms with Crippen LogP contribution in [-0.4, -0.2) is 27.9 Å². The number of hydrogen-bond donors (Lipinski definition) is 1. The summed E-state index contributed by atoms with van der Waals surface area (Å²) in [7, 11) is 1.64. The minimum absolute atomic E-state index is 0.811. The maximum absolute atomic E-state index is 11.5. The Morgan fingerprint density at radius 2 is 1.76 bits per heavy atom. The van der Waals surface area contributed by atoms with E-state index < -0.39 is 10.7 Å². The summed E-state index contributed by atoms with van der Waals surface area (Å²) in [6, 6.07) is 15.8. The van der Waals surface area contributed by atoms with Gasteiger partial charge < -0.3 is 9.84 Å². The van der Waals surface area contributed by atoms with Crippen molar-refractivity contribution in [1.82, 2.24) is 4.98 Å². The predicted octanol–water partition coefficient (Wildman–Crippen LogP) is 4.87. The number of aliphatic carboxylic acids is 1. The van der Waals surface area contributed by atoms with E-state index in [9.17, 15) is 9.90 Å². The van der Waals surface area contributed by atoms with Crippen molar-refractivity contribution >= 4 is 28.6 Å². The van der Waals surface area contributed by atoms with Gasteiger partial charge in [0.05, 0.1) is 12.6 Å². The van der Waals surface area contributed by atoms with E-state index in [0.29, 0.717) is 0 Å². The summed E-state index contributed by atoms with van der Waals surface area (Å²) in [6.07, 6.45) is 1.72. The largest absolute Gasteiger partial charge is 0.497 e. The number of thioether (sulfide) groups is 1. The van der Waals surface area contributed by atoms with Gasteiger partial charge in [0.1, 0.15) is 10.5 Å². The van der Waals surface area contributed by atoms with Crippen LogP contribution in [0.5, 0.6) is 5.75 Å². The van der Waals surface area contributed by atoms with E-state index in [1.807, 2.05) is 42.5 Å². The topological polar surface area (TPSA) is 59.4 Å². The highest BCUT2D eigenvalue weighted by molar-refractivity contribution is 8.01. The quantitative estimate of drug-likeness (QED) is 0.663. The first-order valence-corrected chi connectivity index (χ1v) is 8.68. The van der Waals surface area contributed by atoms with E-state index in [1.54, 1.807) is 27.2 Å². The second kappa shape index (κ2) is 6.76. The van der Waals surface area contributed by atoms with E-state index in [2.05, 4.69) is 11.1 Å². The molecule has 0 spiro atoms. The number of carboxylic acid groups (broad SMARTS) is 1. The number of pyridine rings is 1. The van der Waals surface area contributed by atoms with Gasteiger partial charge in [-0.3, -0.25) is 9.78 Å². The lowest BCUT2D eigenvalue weighted by molar-refractivity contribution is -0.138. The minimum atomic E-state index is -0.912. The van der Waals surface area contributed by atoms with E-state index in [1.165, 1.54) is 11.8 Å². The molecule has 0 aliphatic carbocycles. The second-order valence-electron chi connectivity index (χ2n) is 6.19. The lowest BCUT2D eigenvalue weighted by Crippen LogP contribution is -2.26. The van der Waals surface area contributed by atoms with Gasteiger partial charge >= 0.3 is 5.97 Å². The molecule has 0 radical (unpaired) electrons. The second-order valence-corrected chi connectivity index (χ2v) is 7.85. The summed E-state index contributed by atoms with van der Waals surface area (Å²) in [5.74, 6) is -0.0283. The molecule has 1 N–H and O–H groups in total. The molecule has 0 saturated carbocycles. The van der Waals surface area contributed by atoms with Gasteiger partial charge in [0.2, 0.25) is 0 Å². The van der Waals surface area contributed by atoms with Crippen molar-refractivity contribution in [3.05, 3.63) is 54.7 Å². The summed E-state index contributed by atoms with van der Waals surface area (Å²) in [5, 5.41) is 10.4. The van der Waals surface area contributed by atoms with Gasteiger partial charge in [-0.15, -0.1) is 11.8 Å². The van der Waals surface area contributed by atoms with Crippen molar-refractivity contribution in [3.63, 3.8) is 0 Å². The molecule has 25 heavy (non-hydrogen) atoms. The fraction of sp³-hybridized carbons (Fsp3) is 0.200. The summed E-state index contributed by atoms with van der Waals surface area (Å²) in [4.78, 5) is 16.8. The smallest absolute Gasteiger partial charge is 0.319 e. The molecule has 0 unspecified atom stereocenters. The monoisotopic (exact) mass is 353 g/mol. The van der Waals surface area contributed by atoms with Gasteiger partial charge in [0.25, 0.3) is 0 Å². The number of aromatic nitrogens is 1. The molecule has 0 bridgehead atoms. The van der Waals surface area contributed by atoms with Gasteiger partial charge in [-0.1, -0.05) is 18.2 Å². The SMILES string of the molecule is COc1ccc(-c2ccc3nccc(SC(C)(C)C(=O)O)c3c2)cc1. The highest BCUT2D eigenvalue weighted by atomic mass is 32.2. The molecule has 0 aliphatic rings. The molecule has 4 nitrogen and oxygen atoms in total. The summed E-state index contributed by atoms with van der Waals surface area (Å²) < 4.78 is 4.29. The summed E-state index contributed by atoms with van der Waals surface area (Å²) >= 11 is 1.33. The summed E-state index contributed by atoms with van der Waals surface area (Å²) in [6.45, 7) is 3.42. The normalized spacial score (nSPS) is 11.5. The molecule has 0 amide bonds. The van der Waals surface area contributed by atoms with Crippen LogP contribution < -0.4 is 4.74 Å². The van der Waals surface area contributed by atoms with Crippen LogP contribution in [0.3, 0.4) is 0 Å². The number of nitrogens with zero attached hydrogens (tertiary/aromatic N) is 1. The van der Waals surface area contributed by atoms with Gasteiger partial charge in [-0.25, -0.2) is 0 Å². The average molecular weight is 353 g/mol. The van der Waals surface area contributed by atoms with Crippen LogP contribution in [0, 0.1) is 0 Å². The molecule has 2 aromatic carbocycles. The van der Waals surface area contributed by atoms with Gasteiger partial charge in [0.15, 0.2) is 0 Å². The minimum Gasteiger partial charge on any atom is -0.497 e. The molecule has 3 aromatic rings. The summed E-state index contributed by atoms with van der Waals surface area (Å²) in [5.41, 5.74) is 2.97. The number of rotatable bonds is 5. The lowest BCUT2D eigenvalue weighted by Gasteiger charge is -2.19. The third kappa shape index (κ3) is 3.61. The maximum atomic E-state index is 11.5. The molecule has 1 heterocycles. The molecule has 5 heteroatoms. The molecule has 0 fully saturated rings. The number of benzene rings is 2. The van der Waals surface area contributed by atoms with Gasteiger partial charge in [-0.05, 0) is 55.3 Å². The fourth-order valence-corrected chi connectivity index (χ4v) is 3.53. The first-order valence-electron chi connectivity index (χ1n) is 7.86. The van der Waals surface area contributed by atoms with E-state index >= 15 is 0 Å². The van der Waals surface area contributed by atoms with Crippen LogP contribution in [-0.2, 0) is 4.79 Å². The molecule has 128 valence electrons. The molecular weight excluding hydrogens is 334 g/mol. The van der Waals surface area contributed by atoms with Crippen LogP contribution in [0.4, 0.5) is 0 Å². The maximum Gasteiger partial charge on any atom is 0.319 e. The van der Waals surface area contributed by atoms with Crippen molar-refractivity contribution in [1.29, 1.82) is 0 Å². The Kier molecular flexibility index (Phi) is 4.68. The standard InChI is InChI=1S/C20H19NO3S/c1-20(2,19(22)23)25-18-10-11-21-17-9-6-14(12-16(17)18)13-4-7-15(24-3)8-5-13/h4-12H,1-3H3,(H,22,23). The van der Waals surface area contributed by atoms with Crippen molar-refractivity contribution in [2.45, 2.75) is 23.5 Å². The molecular formula is C20H19NO3S. The lowest BCUT2D eigenvalue weighted by atomic mass is 10.0. The zero-order valence-electron chi connectivity index (χ0n) is 14.3. The Labute approximate surface area is 150 Å². The molecule has 1 aromatic heterocycles. The fourth-order valence-electron chi connectivity index (χ4n) is 2.49. The van der Waals surface area contributed by atoms with E-state index in [-0.39, 0.29) is 0 Å². The number of carboxylic acids is 1. The number of hydrogen-bond acceptors (Lipinski definition) is 4.